The van der Waals surface area contributed by atoms with Gasteiger partial charge in [-0.15, -0.1) is 0 Å². The number of methoxy groups -OCH3 is 1. The summed E-state index contributed by atoms with van der Waals surface area (Å²) < 4.78 is 4.61. The number of hydrogen-bond donors (Lipinski definition) is 0. The molecule has 0 bridgehead atoms. The molecule has 80 valence electrons. The van der Waals surface area contributed by atoms with Crippen LogP contribution in [-0.4, -0.2) is 28.3 Å². The second-order valence-corrected chi connectivity index (χ2v) is 3.06. The fourth-order valence-corrected chi connectivity index (χ4v) is 1.26. The van der Waals surface area contributed by atoms with E-state index in [1.165, 1.54) is 13.3 Å². The van der Waals surface area contributed by atoms with Gasteiger partial charge >= 0.3 is 5.97 Å². The Morgan fingerprint density at radius 2 is 2.25 bits per heavy atom. The molecule has 0 aliphatic heterocycles. The Morgan fingerprint density at radius 3 is 2.94 bits per heavy atom. The largest absolute Gasteiger partial charge is 0.465 e. The number of aromatic nitrogens is 3. The lowest BCUT2D eigenvalue weighted by Gasteiger charge is -2.01. The standard InChI is InChI=1S/C11H9N3O2/c1-16-11(15)9-5-8(6-12-7-9)10-3-2-4-13-14-10/h2-7H,1H3. The van der Waals surface area contributed by atoms with E-state index in [4.69, 9.17) is 0 Å². The zero-order chi connectivity index (χ0) is 11.4. The highest BCUT2D eigenvalue weighted by molar-refractivity contribution is 5.90. The lowest BCUT2D eigenvalue weighted by molar-refractivity contribution is 0.0600. The van der Waals surface area contributed by atoms with E-state index in [1.807, 2.05) is 0 Å². The molecule has 5 heteroatoms. The van der Waals surface area contributed by atoms with Gasteiger partial charge in [0, 0.05) is 24.2 Å². The lowest BCUT2D eigenvalue weighted by atomic mass is 10.1. The van der Waals surface area contributed by atoms with Crippen LogP contribution in [0.5, 0.6) is 0 Å². The van der Waals surface area contributed by atoms with Crippen LogP contribution in [-0.2, 0) is 4.74 Å². The molecule has 0 spiro atoms. The molecule has 0 unspecified atom stereocenters. The van der Waals surface area contributed by atoms with Gasteiger partial charge in [-0.1, -0.05) is 0 Å². The molecule has 2 rings (SSSR count). The number of pyridine rings is 1. The van der Waals surface area contributed by atoms with Crippen LogP contribution in [0.3, 0.4) is 0 Å². The van der Waals surface area contributed by atoms with E-state index in [1.54, 1.807) is 30.6 Å². The quantitative estimate of drug-likeness (QED) is 0.707. The summed E-state index contributed by atoms with van der Waals surface area (Å²) in [7, 11) is 1.33. The highest BCUT2D eigenvalue weighted by Crippen LogP contribution is 2.15. The van der Waals surface area contributed by atoms with E-state index in [9.17, 15) is 4.79 Å². The average molecular weight is 215 g/mol. The molecule has 0 radical (unpaired) electrons. The van der Waals surface area contributed by atoms with Gasteiger partial charge < -0.3 is 4.74 Å². The molecule has 0 aliphatic rings. The van der Waals surface area contributed by atoms with Gasteiger partial charge in [-0.05, 0) is 18.2 Å². The van der Waals surface area contributed by atoms with Crippen LogP contribution in [0.25, 0.3) is 11.3 Å². The average Bonchev–Trinajstić information content (AvgIpc) is 2.39. The first-order chi connectivity index (χ1) is 7.81. The number of carbonyl (C=O) groups is 1. The maximum atomic E-state index is 11.3. The van der Waals surface area contributed by atoms with Crippen LogP contribution in [0.2, 0.25) is 0 Å². The fourth-order valence-electron chi connectivity index (χ4n) is 1.26. The van der Waals surface area contributed by atoms with Gasteiger partial charge in [0.15, 0.2) is 0 Å². The van der Waals surface area contributed by atoms with E-state index >= 15 is 0 Å². The van der Waals surface area contributed by atoms with Gasteiger partial charge in [-0.3, -0.25) is 4.98 Å². The Hall–Kier alpha value is -2.30. The molecular weight excluding hydrogens is 206 g/mol. The Labute approximate surface area is 92.1 Å². The van der Waals surface area contributed by atoms with Gasteiger partial charge in [0.25, 0.3) is 0 Å². The number of esters is 1. The van der Waals surface area contributed by atoms with Crippen molar-refractivity contribution < 1.29 is 9.53 Å². The Bertz CT molecular complexity index is 500. The molecule has 2 heterocycles. The lowest BCUT2D eigenvalue weighted by Crippen LogP contribution is -2.02. The number of rotatable bonds is 2. The van der Waals surface area contributed by atoms with Gasteiger partial charge in [0.05, 0.1) is 18.4 Å². The van der Waals surface area contributed by atoms with Crippen molar-refractivity contribution >= 4 is 5.97 Å². The zero-order valence-corrected chi connectivity index (χ0v) is 8.62. The first-order valence-corrected chi connectivity index (χ1v) is 4.62. The number of carbonyl (C=O) groups excluding carboxylic acids is 1. The van der Waals surface area contributed by atoms with Crippen molar-refractivity contribution in [2.75, 3.05) is 7.11 Å². The summed E-state index contributed by atoms with van der Waals surface area (Å²) in [6.45, 7) is 0. The summed E-state index contributed by atoms with van der Waals surface area (Å²) in [6.07, 6.45) is 4.66. The Morgan fingerprint density at radius 1 is 1.38 bits per heavy atom. The molecule has 0 saturated heterocycles. The molecular formula is C11H9N3O2. The third-order valence-electron chi connectivity index (χ3n) is 2.03. The molecule has 0 saturated carbocycles. The highest BCUT2D eigenvalue weighted by Gasteiger charge is 2.08. The molecule has 2 aromatic rings. The SMILES string of the molecule is COC(=O)c1cncc(-c2cccnn2)c1. The summed E-state index contributed by atoms with van der Waals surface area (Å²) in [4.78, 5) is 15.3. The van der Waals surface area contributed by atoms with Crippen molar-refractivity contribution in [1.29, 1.82) is 0 Å². The Balaban J connectivity index is 2.40. The zero-order valence-electron chi connectivity index (χ0n) is 8.62. The minimum atomic E-state index is -0.418. The van der Waals surface area contributed by atoms with E-state index < -0.39 is 5.97 Å². The molecule has 0 fully saturated rings. The molecule has 16 heavy (non-hydrogen) atoms. The van der Waals surface area contributed by atoms with Gasteiger partial charge in [0.2, 0.25) is 0 Å². The molecule has 0 N–H and O–H groups in total. The number of nitrogens with zero attached hydrogens (tertiary/aromatic N) is 3. The summed E-state index contributed by atoms with van der Waals surface area (Å²) in [5.74, 6) is -0.418. The van der Waals surface area contributed by atoms with Gasteiger partial charge in [0.1, 0.15) is 0 Å². The summed E-state index contributed by atoms with van der Waals surface area (Å²) >= 11 is 0. The maximum absolute atomic E-state index is 11.3. The second kappa shape index (κ2) is 4.48. The molecule has 5 nitrogen and oxygen atoms in total. The summed E-state index contributed by atoms with van der Waals surface area (Å²) in [6, 6.07) is 5.24. The van der Waals surface area contributed by atoms with E-state index in [0.29, 0.717) is 11.3 Å². The summed E-state index contributed by atoms with van der Waals surface area (Å²) in [5.41, 5.74) is 1.79. The fraction of sp³-hybridized carbons (Fsp3) is 0.0909. The van der Waals surface area contributed by atoms with Crippen molar-refractivity contribution in [3.63, 3.8) is 0 Å². The van der Waals surface area contributed by atoms with E-state index in [0.717, 1.165) is 5.56 Å². The second-order valence-electron chi connectivity index (χ2n) is 3.06. The van der Waals surface area contributed by atoms with Crippen molar-refractivity contribution in [2.24, 2.45) is 0 Å². The normalized spacial score (nSPS) is 9.81. The van der Waals surface area contributed by atoms with Crippen molar-refractivity contribution in [3.8, 4) is 11.3 Å². The third kappa shape index (κ3) is 2.03. The predicted octanol–water partition coefficient (Wildman–Crippen LogP) is 1.33. The third-order valence-corrected chi connectivity index (χ3v) is 2.03. The molecule has 0 aliphatic carbocycles. The van der Waals surface area contributed by atoms with Gasteiger partial charge in [-0.2, -0.15) is 10.2 Å². The minimum Gasteiger partial charge on any atom is -0.465 e. The number of hydrogen-bond acceptors (Lipinski definition) is 5. The van der Waals surface area contributed by atoms with Crippen molar-refractivity contribution in [3.05, 3.63) is 42.4 Å². The smallest absolute Gasteiger partial charge is 0.339 e. The van der Waals surface area contributed by atoms with Crippen LogP contribution in [0.15, 0.2) is 36.8 Å². The van der Waals surface area contributed by atoms with Crippen LogP contribution < -0.4 is 0 Å². The first kappa shape index (κ1) is 10.2. The van der Waals surface area contributed by atoms with Crippen LogP contribution >= 0.6 is 0 Å². The molecule has 2 aromatic heterocycles. The van der Waals surface area contributed by atoms with Gasteiger partial charge in [-0.25, -0.2) is 4.79 Å². The molecule has 0 amide bonds. The predicted molar refractivity (Wildman–Crippen MR) is 56.6 cm³/mol. The Kier molecular flexibility index (Phi) is 2.86. The van der Waals surface area contributed by atoms with Crippen LogP contribution in [0.4, 0.5) is 0 Å². The highest BCUT2D eigenvalue weighted by atomic mass is 16.5. The molecule has 0 atom stereocenters. The number of ether oxygens (including phenoxy) is 1. The maximum Gasteiger partial charge on any atom is 0.339 e. The monoisotopic (exact) mass is 215 g/mol. The summed E-state index contributed by atoms with van der Waals surface area (Å²) in [5, 5.41) is 7.69. The van der Waals surface area contributed by atoms with E-state index in [2.05, 4.69) is 19.9 Å². The first-order valence-electron chi connectivity index (χ1n) is 4.62. The minimum absolute atomic E-state index is 0.394. The van der Waals surface area contributed by atoms with Crippen molar-refractivity contribution in [1.82, 2.24) is 15.2 Å². The van der Waals surface area contributed by atoms with Crippen molar-refractivity contribution in [2.45, 2.75) is 0 Å². The topological polar surface area (TPSA) is 65.0 Å². The molecule has 0 aromatic carbocycles. The van der Waals surface area contributed by atoms with Crippen LogP contribution in [0, 0.1) is 0 Å². The van der Waals surface area contributed by atoms with Crippen LogP contribution in [0.1, 0.15) is 10.4 Å². The van der Waals surface area contributed by atoms with E-state index in [-0.39, 0.29) is 0 Å².